The van der Waals surface area contributed by atoms with Crippen molar-refractivity contribution in [3.8, 4) is 0 Å². The molecule has 35 heavy (non-hydrogen) atoms. The van der Waals surface area contributed by atoms with Crippen LogP contribution in [0.3, 0.4) is 0 Å². The van der Waals surface area contributed by atoms with Crippen LogP contribution in [0.15, 0.2) is 24.3 Å². The summed E-state index contributed by atoms with van der Waals surface area (Å²) in [5.41, 5.74) is 1.23. The van der Waals surface area contributed by atoms with Gasteiger partial charge in [0.2, 0.25) is 0 Å². The molecule has 1 aliphatic rings. The minimum Gasteiger partial charge on any atom is -0.311 e. The van der Waals surface area contributed by atoms with Gasteiger partial charge < -0.3 is 10.6 Å². The van der Waals surface area contributed by atoms with Crippen LogP contribution >= 0.6 is 0 Å². The SMILES string of the molecule is CCCCC(CC)CN1CN(CC(CC)CCCC)CC(C)(NCCNCc2ccc(F)cc2)C1. The molecule has 2 rings (SSSR count). The van der Waals surface area contributed by atoms with Crippen LogP contribution in [0.2, 0.25) is 0 Å². The fourth-order valence-electron chi connectivity index (χ4n) is 5.63. The number of unbranched alkanes of at least 4 members (excludes halogenated alkanes) is 2. The van der Waals surface area contributed by atoms with Crippen LogP contribution in [0.4, 0.5) is 4.39 Å². The van der Waals surface area contributed by atoms with Crippen molar-refractivity contribution in [3.05, 3.63) is 35.6 Å². The number of halogens is 1. The number of nitrogens with one attached hydrogen (secondary N) is 2. The topological polar surface area (TPSA) is 30.5 Å². The second-order valence-corrected chi connectivity index (χ2v) is 11.3. The van der Waals surface area contributed by atoms with E-state index in [1.54, 1.807) is 0 Å². The van der Waals surface area contributed by atoms with Gasteiger partial charge in [0.05, 0.1) is 6.67 Å². The third-order valence-electron chi connectivity index (χ3n) is 7.76. The lowest BCUT2D eigenvalue weighted by atomic mass is 9.93. The van der Waals surface area contributed by atoms with Crippen molar-refractivity contribution in [1.82, 2.24) is 20.4 Å². The first-order valence-corrected chi connectivity index (χ1v) is 14.6. The minimum absolute atomic E-state index is 0.0991. The summed E-state index contributed by atoms with van der Waals surface area (Å²) in [7, 11) is 0. The molecule has 0 aliphatic carbocycles. The van der Waals surface area contributed by atoms with Gasteiger partial charge in [-0.15, -0.1) is 0 Å². The molecular formula is C30H55FN4. The van der Waals surface area contributed by atoms with Gasteiger partial charge in [-0.05, 0) is 49.3 Å². The van der Waals surface area contributed by atoms with Gasteiger partial charge in [-0.1, -0.05) is 78.4 Å². The van der Waals surface area contributed by atoms with Crippen molar-refractivity contribution in [1.29, 1.82) is 0 Å². The maximum Gasteiger partial charge on any atom is 0.123 e. The number of rotatable bonds is 18. The molecule has 5 heteroatoms. The van der Waals surface area contributed by atoms with E-state index in [1.165, 1.54) is 76.6 Å². The molecule has 0 saturated carbocycles. The highest BCUT2D eigenvalue weighted by Gasteiger charge is 2.35. The largest absolute Gasteiger partial charge is 0.311 e. The summed E-state index contributed by atoms with van der Waals surface area (Å²) in [6.45, 7) is 20.2. The fraction of sp³-hybridized carbons (Fsp3) is 0.800. The van der Waals surface area contributed by atoms with Crippen molar-refractivity contribution in [3.63, 3.8) is 0 Å². The fourth-order valence-corrected chi connectivity index (χ4v) is 5.63. The highest BCUT2D eigenvalue weighted by Crippen LogP contribution is 2.23. The van der Waals surface area contributed by atoms with E-state index in [1.807, 2.05) is 12.1 Å². The van der Waals surface area contributed by atoms with Crippen molar-refractivity contribution >= 4 is 0 Å². The Morgan fingerprint density at radius 3 is 1.89 bits per heavy atom. The Hall–Kier alpha value is -1.01. The van der Waals surface area contributed by atoms with Crippen molar-refractivity contribution < 1.29 is 4.39 Å². The second-order valence-electron chi connectivity index (χ2n) is 11.3. The Balaban J connectivity index is 1.93. The van der Waals surface area contributed by atoms with Crippen LogP contribution in [-0.2, 0) is 6.54 Å². The van der Waals surface area contributed by atoms with Crippen LogP contribution in [0.5, 0.6) is 0 Å². The molecule has 2 N–H and O–H groups in total. The first-order valence-electron chi connectivity index (χ1n) is 14.6. The van der Waals surface area contributed by atoms with Gasteiger partial charge in [0.1, 0.15) is 5.82 Å². The van der Waals surface area contributed by atoms with Gasteiger partial charge in [0.15, 0.2) is 0 Å². The van der Waals surface area contributed by atoms with E-state index in [-0.39, 0.29) is 11.4 Å². The molecule has 1 saturated heterocycles. The second kappa shape index (κ2) is 16.7. The van der Waals surface area contributed by atoms with Crippen LogP contribution < -0.4 is 10.6 Å². The van der Waals surface area contributed by atoms with E-state index >= 15 is 0 Å². The standard InChI is InChI=1S/C30H55FN4/c1-6-10-12-26(8-3)21-34-23-30(5,24-35(25-34)22-27(9-4)13-11-7-2)33-19-18-32-20-28-14-16-29(31)17-15-28/h14-17,26-27,32-33H,6-13,18-25H2,1-5H3. The first-order chi connectivity index (χ1) is 16.9. The summed E-state index contributed by atoms with van der Waals surface area (Å²) in [6.07, 6.45) is 10.6. The summed E-state index contributed by atoms with van der Waals surface area (Å²) in [4.78, 5) is 5.47. The summed E-state index contributed by atoms with van der Waals surface area (Å²) in [5.74, 6) is 1.44. The predicted molar refractivity (Wildman–Crippen MR) is 149 cm³/mol. The molecule has 1 fully saturated rings. The molecule has 4 nitrogen and oxygen atoms in total. The maximum atomic E-state index is 13.1. The lowest BCUT2D eigenvalue weighted by Crippen LogP contribution is -2.65. The Bertz CT molecular complexity index is 639. The zero-order valence-corrected chi connectivity index (χ0v) is 23.6. The monoisotopic (exact) mass is 490 g/mol. The van der Waals surface area contributed by atoms with Gasteiger partial charge in [-0.25, -0.2) is 4.39 Å². The molecule has 202 valence electrons. The molecule has 0 spiro atoms. The quantitative estimate of drug-likeness (QED) is 0.237. The van der Waals surface area contributed by atoms with Crippen LogP contribution in [0, 0.1) is 17.7 Å². The number of hydrogen-bond donors (Lipinski definition) is 2. The predicted octanol–water partition coefficient (Wildman–Crippen LogP) is 6.27. The third kappa shape index (κ3) is 11.7. The molecular weight excluding hydrogens is 435 g/mol. The molecule has 1 aromatic carbocycles. The van der Waals surface area contributed by atoms with Gasteiger partial charge in [-0.2, -0.15) is 0 Å². The lowest BCUT2D eigenvalue weighted by Gasteiger charge is -2.48. The number of hydrogen-bond acceptors (Lipinski definition) is 4. The molecule has 0 aromatic heterocycles. The van der Waals surface area contributed by atoms with E-state index in [0.29, 0.717) is 0 Å². The van der Waals surface area contributed by atoms with E-state index in [0.717, 1.165) is 56.8 Å². The Labute approximate surface area is 216 Å². The smallest absolute Gasteiger partial charge is 0.123 e. The van der Waals surface area contributed by atoms with Gasteiger partial charge in [-0.3, -0.25) is 9.80 Å². The van der Waals surface area contributed by atoms with E-state index in [4.69, 9.17) is 0 Å². The molecule has 2 atom stereocenters. The van der Waals surface area contributed by atoms with Crippen molar-refractivity contribution in [2.45, 2.75) is 98.1 Å². The van der Waals surface area contributed by atoms with Gasteiger partial charge >= 0.3 is 0 Å². The maximum absolute atomic E-state index is 13.1. The van der Waals surface area contributed by atoms with E-state index in [9.17, 15) is 4.39 Å². The van der Waals surface area contributed by atoms with Gasteiger partial charge in [0.25, 0.3) is 0 Å². The minimum atomic E-state index is -0.172. The molecule has 1 aromatic rings. The molecule has 1 aliphatic heterocycles. The van der Waals surface area contributed by atoms with Gasteiger partial charge in [0, 0.05) is 51.4 Å². The molecule has 1 heterocycles. The number of benzene rings is 1. The zero-order chi connectivity index (χ0) is 25.5. The van der Waals surface area contributed by atoms with Crippen molar-refractivity contribution in [2.24, 2.45) is 11.8 Å². The average molecular weight is 491 g/mol. The average Bonchev–Trinajstić information content (AvgIpc) is 2.84. The van der Waals surface area contributed by atoms with Crippen molar-refractivity contribution in [2.75, 3.05) is 45.9 Å². The Morgan fingerprint density at radius 1 is 0.857 bits per heavy atom. The summed E-state index contributed by atoms with van der Waals surface area (Å²) >= 11 is 0. The molecule has 0 radical (unpaired) electrons. The Kier molecular flexibility index (Phi) is 14.4. The third-order valence-corrected chi connectivity index (χ3v) is 7.76. The highest BCUT2D eigenvalue weighted by atomic mass is 19.1. The van der Waals surface area contributed by atoms with E-state index in [2.05, 4.69) is 55.1 Å². The summed E-state index contributed by atoms with van der Waals surface area (Å²) in [5, 5.41) is 7.43. The summed E-state index contributed by atoms with van der Waals surface area (Å²) in [6, 6.07) is 6.80. The highest BCUT2D eigenvalue weighted by molar-refractivity contribution is 5.15. The van der Waals surface area contributed by atoms with E-state index < -0.39 is 0 Å². The molecule has 0 bridgehead atoms. The van der Waals surface area contributed by atoms with Crippen LogP contribution in [0.25, 0.3) is 0 Å². The molecule has 0 amide bonds. The zero-order valence-electron chi connectivity index (χ0n) is 23.6. The van der Waals surface area contributed by atoms with Crippen LogP contribution in [0.1, 0.15) is 91.5 Å². The normalized spacial score (nSPS) is 21.3. The molecule has 2 unspecified atom stereocenters. The first kappa shape index (κ1) is 30.2. The number of nitrogens with zero attached hydrogens (tertiary/aromatic N) is 2. The summed E-state index contributed by atoms with van der Waals surface area (Å²) < 4.78 is 13.1. The lowest BCUT2D eigenvalue weighted by molar-refractivity contribution is 0.00519. The van der Waals surface area contributed by atoms with Crippen LogP contribution in [-0.4, -0.2) is 61.3 Å². The Morgan fingerprint density at radius 2 is 1.40 bits per heavy atom.